The maximum absolute atomic E-state index is 5.63. The first-order valence-electron chi connectivity index (χ1n) is 6.17. The molecular formula is C13H21NO2. The first kappa shape index (κ1) is 11.7. The van der Waals surface area contributed by atoms with E-state index in [-0.39, 0.29) is 6.04 Å². The molecule has 3 nitrogen and oxygen atoms in total. The van der Waals surface area contributed by atoms with Crippen molar-refractivity contribution in [3.05, 3.63) is 24.2 Å². The molecule has 0 spiro atoms. The van der Waals surface area contributed by atoms with Gasteiger partial charge in [0, 0.05) is 12.6 Å². The summed E-state index contributed by atoms with van der Waals surface area (Å²) < 4.78 is 11.0. The Kier molecular flexibility index (Phi) is 4.02. The molecule has 0 unspecified atom stereocenters. The highest BCUT2D eigenvalue weighted by Gasteiger charge is 2.20. The molecule has 0 radical (unpaired) electrons. The highest BCUT2D eigenvalue weighted by Crippen LogP contribution is 2.19. The Morgan fingerprint density at radius 2 is 2.38 bits per heavy atom. The van der Waals surface area contributed by atoms with Gasteiger partial charge in [-0.15, -0.1) is 0 Å². The average Bonchev–Trinajstić information content (AvgIpc) is 2.88. The van der Waals surface area contributed by atoms with E-state index in [0.717, 1.165) is 18.8 Å². The summed E-state index contributed by atoms with van der Waals surface area (Å²) >= 11 is 0. The van der Waals surface area contributed by atoms with Crippen molar-refractivity contribution < 1.29 is 9.15 Å². The van der Waals surface area contributed by atoms with E-state index in [1.165, 1.54) is 12.8 Å². The van der Waals surface area contributed by atoms with Gasteiger partial charge in [0.1, 0.15) is 5.76 Å². The summed E-state index contributed by atoms with van der Waals surface area (Å²) in [6.45, 7) is 5.27. The lowest BCUT2D eigenvalue weighted by Crippen LogP contribution is -2.31. The van der Waals surface area contributed by atoms with E-state index in [2.05, 4.69) is 19.2 Å². The van der Waals surface area contributed by atoms with Crippen LogP contribution in [0, 0.1) is 0 Å². The van der Waals surface area contributed by atoms with Gasteiger partial charge in [-0.2, -0.15) is 0 Å². The van der Waals surface area contributed by atoms with Crippen LogP contribution in [-0.4, -0.2) is 18.8 Å². The molecule has 0 aliphatic carbocycles. The van der Waals surface area contributed by atoms with E-state index in [1.54, 1.807) is 6.26 Å². The minimum Gasteiger partial charge on any atom is -0.468 e. The molecule has 0 aromatic carbocycles. The zero-order chi connectivity index (χ0) is 11.4. The zero-order valence-electron chi connectivity index (χ0n) is 10.1. The van der Waals surface area contributed by atoms with Crippen molar-refractivity contribution in [3.8, 4) is 0 Å². The van der Waals surface area contributed by atoms with Gasteiger partial charge in [0.2, 0.25) is 0 Å². The highest BCUT2D eigenvalue weighted by atomic mass is 16.5. The molecule has 1 fully saturated rings. The normalized spacial score (nSPS) is 24.5. The van der Waals surface area contributed by atoms with Crippen LogP contribution in [0.15, 0.2) is 22.8 Å². The highest BCUT2D eigenvalue weighted by molar-refractivity contribution is 5.03. The maximum atomic E-state index is 5.63. The van der Waals surface area contributed by atoms with Gasteiger partial charge in [0.05, 0.1) is 18.4 Å². The van der Waals surface area contributed by atoms with E-state index >= 15 is 0 Å². The van der Waals surface area contributed by atoms with E-state index in [4.69, 9.17) is 9.15 Å². The third kappa shape index (κ3) is 3.09. The van der Waals surface area contributed by atoms with Crippen LogP contribution < -0.4 is 5.32 Å². The zero-order valence-corrected chi connectivity index (χ0v) is 10.1. The molecule has 2 rings (SSSR count). The number of hydrogen-bond acceptors (Lipinski definition) is 3. The van der Waals surface area contributed by atoms with Gasteiger partial charge in [-0.1, -0.05) is 0 Å². The molecule has 0 amide bonds. The number of ether oxygens (including phenoxy) is 1. The molecule has 2 heterocycles. The molecular weight excluding hydrogens is 202 g/mol. The molecule has 1 aromatic rings. The number of rotatable bonds is 5. The quantitative estimate of drug-likeness (QED) is 0.833. The lowest BCUT2D eigenvalue weighted by atomic mass is 10.1. The number of nitrogens with one attached hydrogen (secondary N) is 1. The molecule has 16 heavy (non-hydrogen) atoms. The first-order chi connectivity index (χ1) is 7.75. The third-order valence-electron chi connectivity index (χ3n) is 3.14. The molecule has 0 bridgehead atoms. The van der Waals surface area contributed by atoms with E-state index in [9.17, 15) is 0 Å². The largest absolute Gasteiger partial charge is 0.468 e. The fourth-order valence-electron chi connectivity index (χ4n) is 2.34. The lowest BCUT2D eigenvalue weighted by molar-refractivity contribution is 0.0949. The van der Waals surface area contributed by atoms with Crippen molar-refractivity contribution in [1.82, 2.24) is 5.32 Å². The topological polar surface area (TPSA) is 34.4 Å². The first-order valence-corrected chi connectivity index (χ1v) is 6.17. The minimum absolute atomic E-state index is 0.270. The molecule has 1 aliphatic rings. The molecule has 1 saturated heterocycles. The Labute approximate surface area is 97.2 Å². The maximum Gasteiger partial charge on any atom is 0.120 e. The summed E-state index contributed by atoms with van der Waals surface area (Å²) in [6.07, 6.45) is 5.68. The van der Waals surface area contributed by atoms with Crippen molar-refractivity contribution in [2.24, 2.45) is 0 Å². The van der Waals surface area contributed by atoms with Crippen LogP contribution in [0.25, 0.3) is 0 Å². The Hall–Kier alpha value is -0.800. The Bertz CT molecular complexity index is 291. The van der Waals surface area contributed by atoms with Crippen molar-refractivity contribution in [1.29, 1.82) is 0 Å². The van der Waals surface area contributed by atoms with Crippen molar-refractivity contribution in [3.63, 3.8) is 0 Å². The van der Waals surface area contributed by atoms with Crippen LogP contribution in [0.3, 0.4) is 0 Å². The Morgan fingerprint density at radius 1 is 1.50 bits per heavy atom. The second kappa shape index (κ2) is 5.51. The summed E-state index contributed by atoms with van der Waals surface area (Å²) in [5.41, 5.74) is 0. The van der Waals surface area contributed by atoms with E-state index < -0.39 is 0 Å². The monoisotopic (exact) mass is 223 g/mol. The summed E-state index contributed by atoms with van der Waals surface area (Å²) in [5, 5.41) is 3.54. The SMILES string of the molecule is C[C@H](C[C@H]1CCCO1)N[C@H](C)c1ccco1. The van der Waals surface area contributed by atoms with Crippen LogP contribution in [0.2, 0.25) is 0 Å². The Balaban J connectivity index is 1.75. The summed E-state index contributed by atoms with van der Waals surface area (Å²) in [4.78, 5) is 0. The van der Waals surface area contributed by atoms with Crippen LogP contribution in [0.1, 0.15) is 44.9 Å². The van der Waals surface area contributed by atoms with Gasteiger partial charge < -0.3 is 14.5 Å². The molecule has 1 N–H and O–H groups in total. The predicted octanol–water partition coefficient (Wildman–Crippen LogP) is 2.89. The predicted molar refractivity (Wildman–Crippen MR) is 63.3 cm³/mol. The molecule has 3 atom stereocenters. The van der Waals surface area contributed by atoms with Crippen LogP contribution >= 0.6 is 0 Å². The molecule has 1 aliphatic heterocycles. The van der Waals surface area contributed by atoms with Crippen molar-refractivity contribution >= 4 is 0 Å². The summed E-state index contributed by atoms with van der Waals surface area (Å²) in [6, 6.07) is 4.67. The molecule has 0 saturated carbocycles. The van der Waals surface area contributed by atoms with Gasteiger partial charge in [0.15, 0.2) is 0 Å². The number of furan rings is 1. The van der Waals surface area contributed by atoms with Gasteiger partial charge in [0.25, 0.3) is 0 Å². The minimum atomic E-state index is 0.270. The lowest BCUT2D eigenvalue weighted by Gasteiger charge is -2.21. The van der Waals surface area contributed by atoms with Gasteiger partial charge in [-0.3, -0.25) is 0 Å². The van der Waals surface area contributed by atoms with E-state index in [0.29, 0.717) is 12.1 Å². The van der Waals surface area contributed by atoms with Crippen LogP contribution in [0.4, 0.5) is 0 Å². The molecule has 90 valence electrons. The second-order valence-corrected chi connectivity index (χ2v) is 4.68. The van der Waals surface area contributed by atoms with Crippen molar-refractivity contribution in [2.75, 3.05) is 6.61 Å². The van der Waals surface area contributed by atoms with Crippen molar-refractivity contribution in [2.45, 2.75) is 51.3 Å². The third-order valence-corrected chi connectivity index (χ3v) is 3.14. The smallest absolute Gasteiger partial charge is 0.120 e. The van der Waals surface area contributed by atoms with Gasteiger partial charge in [-0.25, -0.2) is 0 Å². The molecule has 1 aromatic heterocycles. The number of hydrogen-bond donors (Lipinski definition) is 1. The standard InChI is InChI=1S/C13H21NO2/c1-10(9-12-5-3-7-15-12)14-11(2)13-6-4-8-16-13/h4,6,8,10-12,14H,3,5,7,9H2,1-2H3/t10-,11-,12-/m1/s1. The average molecular weight is 223 g/mol. The second-order valence-electron chi connectivity index (χ2n) is 4.68. The fraction of sp³-hybridized carbons (Fsp3) is 0.692. The Morgan fingerprint density at radius 3 is 3.00 bits per heavy atom. The summed E-state index contributed by atoms with van der Waals surface area (Å²) in [7, 11) is 0. The van der Waals surface area contributed by atoms with Crippen LogP contribution in [-0.2, 0) is 4.74 Å². The molecule has 3 heteroatoms. The fourth-order valence-corrected chi connectivity index (χ4v) is 2.34. The van der Waals surface area contributed by atoms with E-state index in [1.807, 2.05) is 12.1 Å². The van der Waals surface area contributed by atoms with Gasteiger partial charge in [-0.05, 0) is 45.2 Å². The van der Waals surface area contributed by atoms with Gasteiger partial charge >= 0.3 is 0 Å². The van der Waals surface area contributed by atoms with Crippen LogP contribution in [0.5, 0.6) is 0 Å². The summed E-state index contributed by atoms with van der Waals surface area (Å²) in [5.74, 6) is 0.999.